The van der Waals surface area contributed by atoms with Gasteiger partial charge in [-0.3, -0.25) is 0 Å². The van der Waals surface area contributed by atoms with Crippen LogP contribution in [0.15, 0.2) is 211 Å². The number of aromatic nitrogens is 1. The molecule has 0 saturated heterocycles. The van der Waals surface area contributed by atoms with Crippen LogP contribution in [0.4, 0.5) is 17.1 Å². The zero-order chi connectivity index (χ0) is 44.8. The molecule has 0 aliphatic heterocycles. The molecule has 318 valence electrons. The van der Waals surface area contributed by atoms with Crippen molar-refractivity contribution >= 4 is 71.6 Å². The summed E-state index contributed by atoms with van der Waals surface area (Å²) in [6.45, 7) is 9.44. The van der Waals surface area contributed by atoms with Crippen molar-refractivity contribution in [1.29, 1.82) is 0 Å². The van der Waals surface area contributed by atoms with E-state index in [0.29, 0.717) is 0 Å². The number of furan rings is 1. The fourth-order valence-electron chi connectivity index (χ4n) is 12.0. The average Bonchev–Trinajstić information content (AvgIpc) is 4.04. The van der Waals surface area contributed by atoms with Crippen LogP contribution in [-0.2, 0) is 10.8 Å². The van der Waals surface area contributed by atoms with Crippen molar-refractivity contribution in [2.45, 2.75) is 38.5 Å². The molecule has 2 aliphatic rings. The van der Waals surface area contributed by atoms with Gasteiger partial charge in [0, 0.05) is 55.1 Å². The lowest BCUT2D eigenvalue weighted by Gasteiger charge is -2.28. The van der Waals surface area contributed by atoms with Gasteiger partial charge < -0.3 is 13.9 Å². The summed E-state index contributed by atoms with van der Waals surface area (Å²) < 4.78 is 8.92. The quantitative estimate of drug-likeness (QED) is 0.172. The summed E-state index contributed by atoms with van der Waals surface area (Å²) in [6, 6.07) is 76.5. The largest absolute Gasteiger partial charge is 0.456 e. The Hall–Kier alpha value is -8.14. The zero-order valence-corrected chi connectivity index (χ0v) is 37.9. The average molecular weight is 859 g/mol. The van der Waals surface area contributed by atoms with Crippen LogP contribution in [0, 0.1) is 0 Å². The standard InChI is InChI=1S/C64H46N2O/c1-63(2)54-22-11-8-19-46(54)48-29-27-44(36-56(48)63)65(42-16-6-5-7-17-42)43-18-14-15-39(33-43)40-25-31-58-53(34-40)62-51-38-52-50-21-10-13-24-60(50)67-61(52)35-41(51)26-32-59(62)66(58)45-28-30-49-47-20-9-12-23-55(47)64(3,4)57(49)37-45/h5-38H,1-4H3. The monoisotopic (exact) mass is 858 g/mol. The van der Waals surface area contributed by atoms with Crippen LogP contribution in [-0.4, -0.2) is 4.57 Å². The lowest BCUT2D eigenvalue weighted by molar-refractivity contribution is 0.660. The molecule has 0 radical (unpaired) electrons. The van der Waals surface area contributed by atoms with Crippen LogP contribution in [0.3, 0.4) is 0 Å². The maximum absolute atomic E-state index is 6.43. The molecule has 3 heteroatoms. The summed E-state index contributed by atoms with van der Waals surface area (Å²) in [5.41, 5.74) is 21.6. The Morgan fingerprint density at radius 2 is 1.00 bits per heavy atom. The van der Waals surface area contributed by atoms with Gasteiger partial charge >= 0.3 is 0 Å². The van der Waals surface area contributed by atoms with E-state index in [2.05, 4.69) is 237 Å². The van der Waals surface area contributed by atoms with Gasteiger partial charge in [-0.25, -0.2) is 0 Å². The normalized spacial score (nSPS) is 14.2. The number of hydrogen-bond donors (Lipinski definition) is 0. The van der Waals surface area contributed by atoms with Gasteiger partial charge in [-0.2, -0.15) is 0 Å². The van der Waals surface area contributed by atoms with Crippen LogP contribution >= 0.6 is 0 Å². The Morgan fingerprint density at radius 1 is 0.373 bits per heavy atom. The molecule has 0 amide bonds. The van der Waals surface area contributed by atoms with Crippen molar-refractivity contribution in [2.24, 2.45) is 0 Å². The highest BCUT2D eigenvalue weighted by Crippen LogP contribution is 2.52. The first-order valence-corrected chi connectivity index (χ1v) is 23.5. The molecule has 0 spiro atoms. The molecule has 0 atom stereocenters. The minimum absolute atomic E-state index is 0.109. The topological polar surface area (TPSA) is 21.3 Å². The highest BCUT2D eigenvalue weighted by atomic mass is 16.3. The van der Waals surface area contributed by atoms with Crippen molar-refractivity contribution in [3.8, 4) is 39.1 Å². The summed E-state index contributed by atoms with van der Waals surface area (Å²) in [5, 5.41) is 7.12. The van der Waals surface area contributed by atoms with Gasteiger partial charge in [0.15, 0.2) is 0 Å². The van der Waals surface area contributed by atoms with Crippen molar-refractivity contribution in [3.63, 3.8) is 0 Å². The highest BCUT2D eigenvalue weighted by Gasteiger charge is 2.37. The van der Waals surface area contributed by atoms with E-state index in [1.807, 2.05) is 6.07 Å². The number of para-hydroxylation sites is 2. The molecule has 3 nitrogen and oxygen atoms in total. The lowest BCUT2D eigenvalue weighted by Crippen LogP contribution is -2.16. The summed E-state index contributed by atoms with van der Waals surface area (Å²) in [6.07, 6.45) is 0. The van der Waals surface area contributed by atoms with E-state index in [9.17, 15) is 0 Å². The molecule has 2 aliphatic carbocycles. The molecule has 10 aromatic carbocycles. The molecule has 67 heavy (non-hydrogen) atoms. The first kappa shape index (κ1) is 38.2. The van der Waals surface area contributed by atoms with Crippen LogP contribution < -0.4 is 4.90 Å². The van der Waals surface area contributed by atoms with E-state index < -0.39 is 0 Å². The van der Waals surface area contributed by atoms with Gasteiger partial charge in [0.25, 0.3) is 0 Å². The fraction of sp³-hybridized carbons (Fsp3) is 0.0938. The first-order chi connectivity index (χ1) is 32.7. The van der Waals surface area contributed by atoms with Gasteiger partial charge in [0.05, 0.1) is 11.0 Å². The molecule has 0 saturated carbocycles. The molecule has 12 aromatic rings. The molecular weight excluding hydrogens is 813 g/mol. The SMILES string of the molecule is CC1(C)c2ccccc2-c2ccc(N(c3ccccc3)c3cccc(-c4ccc5c(c4)c4c6cc7c(cc6ccc4n5-c4ccc5c(c4)C(C)(C)c4ccccc4-5)oc4ccccc47)c3)cc21. The second-order valence-corrected chi connectivity index (χ2v) is 19.7. The van der Waals surface area contributed by atoms with E-state index in [1.54, 1.807) is 0 Å². The van der Waals surface area contributed by atoms with E-state index in [1.165, 1.54) is 83.0 Å². The van der Waals surface area contributed by atoms with E-state index in [4.69, 9.17) is 4.42 Å². The highest BCUT2D eigenvalue weighted by molar-refractivity contribution is 6.25. The smallest absolute Gasteiger partial charge is 0.136 e. The molecular formula is C64H46N2O. The minimum atomic E-state index is -0.117. The van der Waals surface area contributed by atoms with Crippen LogP contribution in [0.2, 0.25) is 0 Å². The molecule has 0 N–H and O–H groups in total. The number of fused-ring (bicyclic) bond motifs is 14. The van der Waals surface area contributed by atoms with Gasteiger partial charge in [-0.15, -0.1) is 0 Å². The summed E-state index contributed by atoms with van der Waals surface area (Å²) in [4.78, 5) is 2.41. The zero-order valence-electron chi connectivity index (χ0n) is 37.9. The minimum Gasteiger partial charge on any atom is -0.456 e. The van der Waals surface area contributed by atoms with E-state index in [-0.39, 0.29) is 10.8 Å². The van der Waals surface area contributed by atoms with Crippen LogP contribution in [0.1, 0.15) is 49.9 Å². The van der Waals surface area contributed by atoms with Crippen LogP contribution in [0.25, 0.3) is 93.6 Å². The number of rotatable bonds is 5. The third-order valence-corrected chi connectivity index (χ3v) is 15.3. The van der Waals surface area contributed by atoms with E-state index in [0.717, 1.165) is 50.0 Å². The Balaban J connectivity index is 0.971. The predicted molar refractivity (Wildman–Crippen MR) is 281 cm³/mol. The summed E-state index contributed by atoms with van der Waals surface area (Å²) in [5.74, 6) is 0. The second-order valence-electron chi connectivity index (χ2n) is 19.7. The van der Waals surface area contributed by atoms with Crippen molar-refractivity contribution in [1.82, 2.24) is 4.57 Å². The molecule has 2 aromatic heterocycles. The summed E-state index contributed by atoms with van der Waals surface area (Å²) >= 11 is 0. The number of anilines is 3. The maximum Gasteiger partial charge on any atom is 0.136 e. The first-order valence-electron chi connectivity index (χ1n) is 23.5. The molecule has 14 rings (SSSR count). The number of nitrogens with zero attached hydrogens (tertiary/aromatic N) is 2. The molecule has 2 heterocycles. The molecule has 0 unspecified atom stereocenters. The fourth-order valence-corrected chi connectivity index (χ4v) is 12.0. The Kier molecular flexibility index (Phi) is 7.80. The number of benzene rings is 10. The Labute approximate surface area is 389 Å². The predicted octanol–water partition coefficient (Wildman–Crippen LogP) is 17.6. The van der Waals surface area contributed by atoms with Crippen molar-refractivity contribution in [2.75, 3.05) is 4.90 Å². The number of hydrogen-bond acceptors (Lipinski definition) is 2. The van der Waals surface area contributed by atoms with Gasteiger partial charge in [0.2, 0.25) is 0 Å². The Bertz CT molecular complexity index is 4050. The molecule has 0 bridgehead atoms. The summed E-state index contributed by atoms with van der Waals surface area (Å²) in [7, 11) is 0. The maximum atomic E-state index is 6.43. The van der Waals surface area contributed by atoms with Crippen molar-refractivity contribution < 1.29 is 4.42 Å². The lowest BCUT2D eigenvalue weighted by atomic mass is 9.82. The van der Waals surface area contributed by atoms with Crippen molar-refractivity contribution in [3.05, 3.63) is 229 Å². The van der Waals surface area contributed by atoms with Crippen LogP contribution in [0.5, 0.6) is 0 Å². The van der Waals surface area contributed by atoms with E-state index >= 15 is 0 Å². The van der Waals surface area contributed by atoms with Gasteiger partial charge in [-0.05, 0) is 151 Å². The second kappa shape index (κ2) is 13.7. The van der Waals surface area contributed by atoms with Gasteiger partial charge in [-0.1, -0.05) is 149 Å². The molecule has 0 fully saturated rings. The Morgan fingerprint density at radius 3 is 1.79 bits per heavy atom. The third-order valence-electron chi connectivity index (χ3n) is 15.3. The van der Waals surface area contributed by atoms with Gasteiger partial charge in [0.1, 0.15) is 11.2 Å². The third kappa shape index (κ3) is 5.40.